The summed E-state index contributed by atoms with van der Waals surface area (Å²) in [5.41, 5.74) is 4.00. The highest BCUT2D eigenvalue weighted by atomic mass is 32.2. The minimum absolute atomic E-state index is 0.460. The molecule has 0 aromatic carbocycles. The summed E-state index contributed by atoms with van der Waals surface area (Å²) in [5, 5.41) is 46.3. The molecular weight excluding hydrogens is 386 g/mol. The molecule has 2 aliphatic rings. The molecule has 0 spiro atoms. The van der Waals surface area contributed by atoms with Crippen LogP contribution in [0.1, 0.15) is 32.1 Å². The van der Waals surface area contributed by atoms with E-state index in [1.165, 1.54) is 32.1 Å². The van der Waals surface area contributed by atoms with E-state index >= 15 is 0 Å². The quantitative estimate of drug-likeness (QED) is 0.233. The molecule has 0 aromatic heterocycles. The Bertz CT molecular complexity index is 513. The number of ether oxygens (including phenoxy) is 2. The third kappa shape index (κ3) is 9.09. The van der Waals surface area contributed by atoms with E-state index in [0.29, 0.717) is 0 Å². The second-order valence-electron chi connectivity index (χ2n) is 6.91. The maximum Gasteiger partial charge on any atom is 0.186 e. The van der Waals surface area contributed by atoms with Gasteiger partial charge in [-0.15, -0.1) is 0 Å². The van der Waals surface area contributed by atoms with Gasteiger partial charge in [-0.3, -0.25) is 0 Å². The summed E-state index contributed by atoms with van der Waals surface area (Å²) in [6.45, 7) is -1.08. The molecule has 1 saturated heterocycles. The number of rotatable bonds is 6. The molecule has 1 heterocycles. The Morgan fingerprint density at radius 3 is 2.15 bits per heavy atom. The molecule has 12 heteroatoms. The predicted octanol–water partition coefficient (Wildman–Crippen LogP) is -3.73. The van der Waals surface area contributed by atoms with E-state index in [4.69, 9.17) is 19.7 Å². The van der Waals surface area contributed by atoms with E-state index in [9.17, 15) is 28.3 Å². The summed E-state index contributed by atoms with van der Waals surface area (Å²) in [7, 11) is -4.73. The molecule has 2 rings (SSSR count). The van der Waals surface area contributed by atoms with Crippen LogP contribution in [0.5, 0.6) is 0 Å². The van der Waals surface area contributed by atoms with Crippen molar-refractivity contribution in [3.63, 3.8) is 0 Å². The fraction of sp³-hybridized carbons (Fsp3) is 1.00. The predicted molar refractivity (Wildman–Crippen MR) is 90.1 cm³/mol. The molecule has 1 aliphatic carbocycles. The summed E-state index contributed by atoms with van der Waals surface area (Å²) in [6.07, 6.45) is -2.62. The normalized spacial score (nSPS) is 33.8. The third-order valence-corrected chi connectivity index (χ3v) is 5.16. The zero-order valence-corrected chi connectivity index (χ0v) is 15.9. The minimum atomic E-state index is -4.73. The first-order chi connectivity index (χ1) is 12.5. The Labute approximate surface area is 158 Å². The van der Waals surface area contributed by atoms with Crippen molar-refractivity contribution < 1.29 is 53.7 Å². The van der Waals surface area contributed by atoms with Crippen molar-refractivity contribution in [2.75, 3.05) is 19.0 Å². The molecule has 0 aromatic rings. The number of hydrogen-bond acceptors (Lipinski definition) is 10. The van der Waals surface area contributed by atoms with Crippen LogP contribution in [0.4, 0.5) is 0 Å². The van der Waals surface area contributed by atoms with E-state index in [2.05, 4.69) is 5.73 Å². The Morgan fingerprint density at radius 1 is 1.11 bits per heavy atom. The van der Waals surface area contributed by atoms with E-state index in [-0.39, 0.29) is 0 Å². The van der Waals surface area contributed by atoms with Crippen LogP contribution in [-0.2, 0) is 19.6 Å². The van der Waals surface area contributed by atoms with Crippen molar-refractivity contribution in [2.45, 2.75) is 75.0 Å². The molecule has 11 nitrogen and oxygen atoms in total. The van der Waals surface area contributed by atoms with E-state index in [0.717, 1.165) is 6.04 Å². The molecular formula is C15H31NO10S. The Balaban J connectivity index is 0.000000433. The molecule has 0 unspecified atom stereocenters. The second kappa shape index (κ2) is 11.6. The standard InChI is InChI=1S/C9H18O10S.C6H13N/c10-1-4(11)2-18-9-8(14)7(13)6(12)5(19-9)3-20(15,16)17;7-6-4-2-1-3-5-6/h4-14H,1-3H2,(H,15,16,17);6H,1-5,7H2/t4-,5+,6+,7-,8+,9-;/m0./s1. The summed E-state index contributed by atoms with van der Waals surface area (Å²) in [6, 6.07) is 0.786. The molecule has 8 N–H and O–H groups in total. The maximum absolute atomic E-state index is 10.6. The number of quaternary nitrogens is 1. The molecule has 0 radical (unpaired) electrons. The van der Waals surface area contributed by atoms with Gasteiger partial charge in [0.1, 0.15) is 30.5 Å². The number of hydrogen-bond donors (Lipinski definition) is 6. The summed E-state index contributed by atoms with van der Waals surface area (Å²) >= 11 is 0. The second-order valence-corrected chi connectivity index (χ2v) is 8.36. The fourth-order valence-electron chi connectivity index (χ4n) is 2.84. The molecule has 6 atom stereocenters. The first-order valence-corrected chi connectivity index (χ1v) is 10.5. The van der Waals surface area contributed by atoms with Gasteiger partial charge in [-0.25, -0.2) is 8.42 Å². The first kappa shape index (κ1) is 24.6. The van der Waals surface area contributed by atoms with Crippen LogP contribution in [0, 0.1) is 0 Å². The lowest BCUT2D eigenvalue weighted by Gasteiger charge is -2.40. The smallest absolute Gasteiger partial charge is 0.186 e. The Hall–Kier alpha value is -0.410. The topological polar surface area (TPSA) is 204 Å². The zero-order chi connectivity index (χ0) is 20.6. The van der Waals surface area contributed by atoms with Crippen molar-refractivity contribution in [3.05, 3.63) is 0 Å². The summed E-state index contributed by atoms with van der Waals surface area (Å²) in [5.74, 6) is -1.11. The first-order valence-electron chi connectivity index (χ1n) is 8.92. The summed E-state index contributed by atoms with van der Waals surface area (Å²) in [4.78, 5) is 0. The average Bonchev–Trinajstić information content (AvgIpc) is 2.61. The van der Waals surface area contributed by atoms with Gasteiger partial charge in [-0.05, 0) is 25.7 Å². The molecule has 162 valence electrons. The van der Waals surface area contributed by atoms with Gasteiger partial charge in [-0.1, -0.05) is 6.42 Å². The van der Waals surface area contributed by atoms with Gasteiger partial charge in [0.15, 0.2) is 6.29 Å². The Kier molecular flexibility index (Phi) is 10.5. The van der Waals surface area contributed by atoms with Gasteiger partial charge in [0.2, 0.25) is 0 Å². The number of aliphatic hydroxyl groups is 5. The maximum atomic E-state index is 10.6. The van der Waals surface area contributed by atoms with Crippen molar-refractivity contribution in [1.82, 2.24) is 0 Å². The van der Waals surface area contributed by atoms with Gasteiger partial charge in [0, 0.05) is 0 Å². The van der Waals surface area contributed by atoms with Gasteiger partial charge >= 0.3 is 0 Å². The van der Waals surface area contributed by atoms with E-state index in [1.54, 1.807) is 0 Å². The van der Waals surface area contributed by atoms with Gasteiger partial charge in [0.25, 0.3) is 0 Å². The molecule has 27 heavy (non-hydrogen) atoms. The van der Waals surface area contributed by atoms with Gasteiger partial charge in [0.05, 0.1) is 35.1 Å². The van der Waals surface area contributed by atoms with Crippen LogP contribution in [0.15, 0.2) is 0 Å². The minimum Gasteiger partial charge on any atom is -0.748 e. The van der Waals surface area contributed by atoms with E-state index in [1.807, 2.05) is 0 Å². The van der Waals surface area contributed by atoms with Gasteiger partial charge in [-0.2, -0.15) is 0 Å². The van der Waals surface area contributed by atoms with Crippen molar-refractivity contribution in [1.29, 1.82) is 0 Å². The van der Waals surface area contributed by atoms with Crippen LogP contribution in [-0.4, -0.2) is 100 Å². The molecule has 1 saturated carbocycles. The van der Waals surface area contributed by atoms with Crippen molar-refractivity contribution in [3.8, 4) is 0 Å². The van der Waals surface area contributed by atoms with Crippen molar-refractivity contribution in [2.24, 2.45) is 0 Å². The van der Waals surface area contributed by atoms with Crippen LogP contribution in [0.3, 0.4) is 0 Å². The lowest BCUT2D eigenvalue weighted by molar-refractivity contribution is -0.425. The fourth-order valence-corrected chi connectivity index (χ4v) is 3.52. The van der Waals surface area contributed by atoms with Gasteiger partial charge < -0.3 is 45.3 Å². The van der Waals surface area contributed by atoms with Crippen LogP contribution >= 0.6 is 0 Å². The summed E-state index contributed by atoms with van der Waals surface area (Å²) < 4.78 is 41.7. The van der Waals surface area contributed by atoms with Crippen LogP contribution < -0.4 is 5.73 Å². The van der Waals surface area contributed by atoms with Crippen LogP contribution in [0.2, 0.25) is 0 Å². The average molecular weight is 417 g/mol. The lowest BCUT2D eigenvalue weighted by atomic mass is 9.97. The highest BCUT2D eigenvalue weighted by molar-refractivity contribution is 7.85. The number of aliphatic hydroxyl groups excluding tert-OH is 5. The molecule has 0 amide bonds. The largest absolute Gasteiger partial charge is 0.748 e. The zero-order valence-electron chi connectivity index (χ0n) is 15.1. The van der Waals surface area contributed by atoms with Crippen molar-refractivity contribution >= 4 is 10.1 Å². The lowest BCUT2D eigenvalue weighted by Crippen LogP contribution is -2.61. The highest BCUT2D eigenvalue weighted by Gasteiger charge is 2.44. The third-order valence-electron chi connectivity index (χ3n) is 4.43. The molecule has 1 aliphatic heterocycles. The SMILES string of the molecule is O=S(=O)([O-])C[C@H]1O[C@H](OC[C@@H](O)CO)[C@H](O)[C@@H](O)[C@@H]1O.[NH3+]C1CCCCC1. The molecule has 2 fully saturated rings. The molecule has 0 bridgehead atoms. The van der Waals surface area contributed by atoms with E-state index < -0.39 is 65.9 Å². The van der Waals surface area contributed by atoms with Crippen LogP contribution in [0.25, 0.3) is 0 Å². The monoisotopic (exact) mass is 417 g/mol. The Morgan fingerprint density at radius 2 is 1.70 bits per heavy atom. The highest BCUT2D eigenvalue weighted by Crippen LogP contribution is 2.23.